The Balaban J connectivity index is 0.00000180. The standard InChI is InChI=1S/C13H20N2O2S.ClH/c1-3-4-11-5-7-13(8-6-11)18(16,17)15(2)12-9-14-10-12;/h5-8,12,14H,3-4,9-10H2,1-2H3;1H. The zero-order chi connectivity index (χ0) is 13.2. The first kappa shape index (κ1) is 16.4. The van der Waals surface area contributed by atoms with Crippen LogP contribution in [0.15, 0.2) is 29.2 Å². The average Bonchev–Trinajstić information content (AvgIpc) is 2.28. The van der Waals surface area contributed by atoms with E-state index in [4.69, 9.17) is 0 Å². The van der Waals surface area contributed by atoms with E-state index in [2.05, 4.69) is 12.2 Å². The van der Waals surface area contributed by atoms with Gasteiger partial charge in [0.25, 0.3) is 0 Å². The summed E-state index contributed by atoms with van der Waals surface area (Å²) in [5.41, 5.74) is 1.18. The van der Waals surface area contributed by atoms with Crippen LogP contribution in [0.3, 0.4) is 0 Å². The van der Waals surface area contributed by atoms with Crippen LogP contribution in [0.25, 0.3) is 0 Å². The van der Waals surface area contributed by atoms with Gasteiger partial charge in [0.15, 0.2) is 0 Å². The first-order valence-corrected chi connectivity index (χ1v) is 7.77. The minimum absolute atomic E-state index is 0. The maximum Gasteiger partial charge on any atom is 0.243 e. The summed E-state index contributed by atoms with van der Waals surface area (Å²) in [7, 11) is -1.68. The molecule has 0 bridgehead atoms. The summed E-state index contributed by atoms with van der Waals surface area (Å²) < 4.78 is 26.1. The third kappa shape index (κ3) is 3.48. The second kappa shape index (κ2) is 6.70. The van der Waals surface area contributed by atoms with Crippen molar-refractivity contribution in [1.82, 2.24) is 9.62 Å². The molecule has 6 heteroatoms. The molecule has 0 aromatic heterocycles. The lowest BCUT2D eigenvalue weighted by Crippen LogP contribution is -2.57. The van der Waals surface area contributed by atoms with Crippen LogP contribution < -0.4 is 5.32 Å². The van der Waals surface area contributed by atoms with Crippen LogP contribution in [-0.2, 0) is 16.4 Å². The van der Waals surface area contributed by atoms with Crippen molar-refractivity contribution in [3.63, 3.8) is 0 Å². The van der Waals surface area contributed by atoms with E-state index in [1.165, 1.54) is 9.87 Å². The number of likely N-dealkylation sites (N-methyl/N-ethyl adjacent to an activating group) is 1. The molecule has 0 saturated carbocycles. The monoisotopic (exact) mass is 304 g/mol. The smallest absolute Gasteiger partial charge is 0.243 e. The van der Waals surface area contributed by atoms with Crippen LogP contribution in [-0.4, -0.2) is 38.9 Å². The largest absolute Gasteiger partial charge is 0.313 e. The predicted molar refractivity (Wildman–Crippen MR) is 79.3 cm³/mol. The van der Waals surface area contributed by atoms with Gasteiger partial charge in [-0.2, -0.15) is 4.31 Å². The molecule has 1 heterocycles. The summed E-state index contributed by atoms with van der Waals surface area (Å²) >= 11 is 0. The molecule has 0 amide bonds. The molecule has 1 fully saturated rings. The number of nitrogens with one attached hydrogen (secondary N) is 1. The Hall–Kier alpha value is -0.620. The Kier molecular flexibility index (Phi) is 5.80. The SMILES string of the molecule is CCCc1ccc(S(=O)(=O)N(C)C2CNC2)cc1.Cl. The molecule has 1 aromatic rings. The van der Waals surface area contributed by atoms with Gasteiger partial charge in [-0.25, -0.2) is 8.42 Å². The minimum Gasteiger partial charge on any atom is -0.313 e. The highest BCUT2D eigenvalue weighted by Crippen LogP contribution is 2.19. The van der Waals surface area contributed by atoms with Crippen molar-refractivity contribution in [2.24, 2.45) is 0 Å². The summed E-state index contributed by atoms with van der Waals surface area (Å²) in [6, 6.07) is 7.32. The molecule has 1 aliphatic rings. The second-order valence-corrected chi connectivity index (χ2v) is 6.72. The predicted octanol–water partition coefficient (Wildman–Crippen LogP) is 1.65. The van der Waals surface area contributed by atoms with E-state index in [0.717, 1.165) is 25.9 Å². The third-order valence-corrected chi connectivity index (χ3v) is 5.34. The summed E-state index contributed by atoms with van der Waals surface area (Å²) in [6.07, 6.45) is 2.06. The molecule has 19 heavy (non-hydrogen) atoms. The van der Waals surface area contributed by atoms with Gasteiger partial charge in [-0.3, -0.25) is 0 Å². The maximum absolute atomic E-state index is 12.3. The van der Waals surface area contributed by atoms with Crippen molar-refractivity contribution in [3.05, 3.63) is 29.8 Å². The molecule has 1 N–H and O–H groups in total. The quantitative estimate of drug-likeness (QED) is 0.900. The van der Waals surface area contributed by atoms with Crippen LogP contribution in [0.2, 0.25) is 0 Å². The molecule has 108 valence electrons. The van der Waals surface area contributed by atoms with Crippen LogP contribution in [0, 0.1) is 0 Å². The van der Waals surface area contributed by atoms with E-state index in [1.807, 2.05) is 12.1 Å². The number of halogens is 1. The summed E-state index contributed by atoms with van der Waals surface area (Å²) in [5, 5.41) is 3.09. The molecule has 0 aliphatic carbocycles. The van der Waals surface area contributed by atoms with Crippen molar-refractivity contribution in [1.29, 1.82) is 0 Å². The first-order chi connectivity index (χ1) is 8.55. The molecular formula is C13H21ClN2O2S. The van der Waals surface area contributed by atoms with Crippen molar-refractivity contribution < 1.29 is 8.42 Å². The van der Waals surface area contributed by atoms with Gasteiger partial charge in [-0.1, -0.05) is 25.5 Å². The lowest BCUT2D eigenvalue weighted by Gasteiger charge is -2.34. The molecule has 4 nitrogen and oxygen atoms in total. The lowest BCUT2D eigenvalue weighted by molar-refractivity contribution is 0.274. The summed E-state index contributed by atoms with van der Waals surface area (Å²) in [5.74, 6) is 0. The molecule has 0 radical (unpaired) electrons. The summed E-state index contributed by atoms with van der Waals surface area (Å²) in [4.78, 5) is 0.386. The summed E-state index contributed by atoms with van der Waals surface area (Å²) in [6.45, 7) is 3.59. The highest BCUT2D eigenvalue weighted by molar-refractivity contribution is 7.89. The normalized spacial score (nSPS) is 15.9. The first-order valence-electron chi connectivity index (χ1n) is 6.33. The number of nitrogens with zero attached hydrogens (tertiary/aromatic N) is 1. The molecule has 0 unspecified atom stereocenters. The van der Waals surface area contributed by atoms with Gasteiger partial charge in [-0.15, -0.1) is 12.4 Å². The Labute approximate surface area is 121 Å². The Morgan fingerprint density at radius 1 is 1.26 bits per heavy atom. The number of rotatable bonds is 5. The minimum atomic E-state index is -3.34. The lowest BCUT2D eigenvalue weighted by atomic mass is 10.1. The number of hydrogen-bond donors (Lipinski definition) is 1. The van der Waals surface area contributed by atoms with Gasteiger partial charge in [0, 0.05) is 26.2 Å². The van der Waals surface area contributed by atoms with Crippen molar-refractivity contribution in [3.8, 4) is 0 Å². The van der Waals surface area contributed by atoms with E-state index in [1.54, 1.807) is 19.2 Å². The van der Waals surface area contributed by atoms with E-state index in [0.29, 0.717) is 4.90 Å². The molecule has 2 rings (SSSR count). The van der Waals surface area contributed by atoms with Crippen molar-refractivity contribution in [2.75, 3.05) is 20.1 Å². The van der Waals surface area contributed by atoms with E-state index in [9.17, 15) is 8.42 Å². The van der Waals surface area contributed by atoms with Gasteiger partial charge in [0.05, 0.1) is 4.90 Å². The molecule has 1 aliphatic heterocycles. The van der Waals surface area contributed by atoms with E-state index < -0.39 is 10.0 Å². The third-order valence-electron chi connectivity index (χ3n) is 3.41. The highest BCUT2D eigenvalue weighted by Gasteiger charge is 2.31. The topological polar surface area (TPSA) is 49.4 Å². The molecule has 1 saturated heterocycles. The Morgan fingerprint density at radius 2 is 1.84 bits per heavy atom. The van der Waals surface area contributed by atoms with Gasteiger partial charge in [-0.05, 0) is 24.1 Å². The van der Waals surface area contributed by atoms with Gasteiger partial charge in [0.1, 0.15) is 0 Å². The Morgan fingerprint density at radius 3 is 2.26 bits per heavy atom. The van der Waals surface area contributed by atoms with Gasteiger partial charge < -0.3 is 5.32 Å². The fourth-order valence-corrected chi connectivity index (χ4v) is 3.36. The number of benzene rings is 1. The van der Waals surface area contributed by atoms with E-state index >= 15 is 0 Å². The fraction of sp³-hybridized carbons (Fsp3) is 0.538. The zero-order valence-electron chi connectivity index (χ0n) is 11.3. The van der Waals surface area contributed by atoms with Gasteiger partial charge in [0.2, 0.25) is 10.0 Å². The number of hydrogen-bond acceptors (Lipinski definition) is 3. The number of aryl methyl sites for hydroxylation is 1. The van der Waals surface area contributed by atoms with Crippen molar-refractivity contribution in [2.45, 2.75) is 30.7 Å². The van der Waals surface area contributed by atoms with Crippen molar-refractivity contribution >= 4 is 22.4 Å². The van der Waals surface area contributed by atoms with Crippen LogP contribution in [0.1, 0.15) is 18.9 Å². The van der Waals surface area contributed by atoms with Crippen LogP contribution in [0.4, 0.5) is 0 Å². The molecule has 0 atom stereocenters. The maximum atomic E-state index is 12.3. The number of sulfonamides is 1. The fourth-order valence-electron chi connectivity index (χ4n) is 2.01. The molecule has 1 aromatic carbocycles. The molecular weight excluding hydrogens is 284 g/mol. The highest BCUT2D eigenvalue weighted by atomic mass is 35.5. The van der Waals surface area contributed by atoms with Crippen LogP contribution >= 0.6 is 12.4 Å². The van der Waals surface area contributed by atoms with Crippen LogP contribution in [0.5, 0.6) is 0 Å². The zero-order valence-corrected chi connectivity index (χ0v) is 12.9. The Bertz CT molecular complexity index is 498. The van der Waals surface area contributed by atoms with Gasteiger partial charge >= 0.3 is 0 Å². The van der Waals surface area contributed by atoms with E-state index in [-0.39, 0.29) is 18.4 Å². The molecule has 0 spiro atoms. The second-order valence-electron chi connectivity index (χ2n) is 4.73. The average molecular weight is 305 g/mol.